The number of nitrogens with one attached hydrogen (secondary N) is 1. The van der Waals surface area contributed by atoms with Gasteiger partial charge in [-0.25, -0.2) is 0 Å². The Hall–Kier alpha value is -2.33. The fourth-order valence-corrected chi connectivity index (χ4v) is 4.20. The molecule has 0 heterocycles. The van der Waals surface area contributed by atoms with Crippen LogP contribution in [0.5, 0.6) is 0 Å². The van der Waals surface area contributed by atoms with Crippen molar-refractivity contribution in [2.45, 2.75) is 70.5 Å². The maximum Gasteiger partial charge on any atom is 0.242 e. The summed E-state index contributed by atoms with van der Waals surface area (Å²) in [6.07, 6.45) is 6.58. The molecule has 0 bridgehead atoms. The van der Waals surface area contributed by atoms with Crippen LogP contribution in [-0.4, -0.2) is 28.8 Å². The molecule has 1 aliphatic rings. The molecule has 0 aromatic heterocycles. The first-order valence-electron chi connectivity index (χ1n) is 10.9. The SMILES string of the molecule is CC(C(=O)NC1CCCCC1)N(Cc1ccccc1Cl)C(=O)CCc1ccccc1. The van der Waals surface area contributed by atoms with E-state index in [-0.39, 0.29) is 17.9 Å². The van der Waals surface area contributed by atoms with E-state index in [2.05, 4.69) is 5.32 Å². The van der Waals surface area contributed by atoms with Crippen molar-refractivity contribution in [1.29, 1.82) is 0 Å². The van der Waals surface area contributed by atoms with Crippen LogP contribution < -0.4 is 5.32 Å². The quantitative estimate of drug-likeness (QED) is 0.635. The lowest BCUT2D eigenvalue weighted by Crippen LogP contribution is -2.50. The average Bonchev–Trinajstić information content (AvgIpc) is 2.78. The first kappa shape index (κ1) is 22.4. The van der Waals surface area contributed by atoms with E-state index in [0.717, 1.165) is 36.8 Å². The Balaban J connectivity index is 1.71. The van der Waals surface area contributed by atoms with Crippen LogP contribution in [0.25, 0.3) is 0 Å². The van der Waals surface area contributed by atoms with Crippen LogP contribution in [0, 0.1) is 0 Å². The van der Waals surface area contributed by atoms with E-state index in [1.807, 2.05) is 61.5 Å². The zero-order valence-corrected chi connectivity index (χ0v) is 18.4. The van der Waals surface area contributed by atoms with Crippen LogP contribution in [0.4, 0.5) is 0 Å². The van der Waals surface area contributed by atoms with Crippen LogP contribution in [-0.2, 0) is 22.6 Å². The molecule has 30 heavy (non-hydrogen) atoms. The van der Waals surface area contributed by atoms with E-state index < -0.39 is 6.04 Å². The average molecular weight is 427 g/mol. The van der Waals surface area contributed by atoms with Crippen molar-refractivity contribution in [3.63, 3.8) is 0 Å². The molecule has 3 rings (SSSR count). The highest BCUT2D eigenvalue weighted by Gasteiger charge is 2.28. The standard InChI is InChI=1S/C25H31ClN2O2/c1-19(25(30)27-22-13-6-3-7-14-22)28(18-21-12-8-9-15-23(21)26)24(29)17-16-20-10-4-2-5-11-20/h2,4-5,8-12,15,19,22H,3,6-7,13-14,16-18H2,1H3,(H,27,30). The molecule has 0 spiro atoms. The van der Waals surface area contributed by atoms with Gasteiger partial charge >= 0.3 is 0 Å². The zero-order chi connectivity index (χ0) is 21.3. The fourth-order valence-electron chi connectivity index (χ4n) is 4.00. The molecule has 1 unspecified atom stereocenters. The highest BCUT2D eigenvalue weighted by atomic mass is 35.5. The molecule has 4 nitrogen and oxygen atoms in total. The largest absolute Gasteiger partial charge is 0.352 e. The summed E-state index contributed by atoms with van der Waals surface area (Å²) in [5.74, 6) is -0.118. The van der Waals surface area contributed by atoms with E-state index in [9.17, 15) is 9.59 Å². The number of hydrogen-bond donors (Lipinski definition) is 1. The molecule has 1 saturated carbocycles. The number of nitrogens with zero attached hydrogens (tertiary/aromatic N) is 1. The summed E-state index contributed by atoms with van der Waals surface area (Å²) in [5, 5.41) is 3.77. The summed E-state index contributed by atoms with van der Waals surface area (Å²) in [6, 6.07) is 17.1. The van der Waals surface area contributed by atoms with Crippen molar-refractivity contribution in [3.05, 3.63) is 70.7 Å². The first-order chi connectivity index (χ1) is 14.5. The Kier molecular flexibility index (Phi) is 8.32. The first-order valence-corrected chi connectivity index (χ1v) is 11.3. The Morgan fingerprint density at radius 1 is 1.03 bits per heavy atom. The minimum absolute atomic E-state index is 0.0370. The molecular weight excluding hydrogens is 396 g/mol. The number of benzene rings is 2. The topological polar surface area (TPSA) is 49.4 Å². The van der Waals surface area contributed by atoms with Gasteiger partial charge in [-0.15, -0.1) is 0 Å². The summed E-state index contributed by atoms with van der Waals surface area (Å²) >= 11 is 6.35. The molecule has 1 fully saturated rings. The summed E-state index contributed by atoms with van der Waals surface area (Å²) < 4.78 is 0. The summed E-state index contributed by atoms with van der Waals surface area (Å²) in [4.78, 5) is 27.8. The number of carbonyl (C=O) groups is 2. The third-order valence-electron chi connectivity index (χ3n) is 5.89. The third-order valence-corrected chi connectivity index (χ3v) is 6.26. The monoisotopic (exact) mass is 426 g/mol. The van der Waals surface area contributed by atoms with E-state index in [0.29, 0.717) is 24.4 Å². The van der Waals surface area contributed by atoms with Crippen molar-refractivity contribution in [1.82, 2.24) is 10.2 Å². The molecule has 2 aromatic rings. The molecular formula is C25H31ClN2O2. The lowest BCUT2D eigenvalue weighted by Gasteiger charge is -2.31. The maximum atomic E-state index is 13.2. The minimum atomic E-state index is -0.550. The molecule has 1 N–H and O–H groups in total. The smallest absolute Gasteiger partial charge is 0.242 e. The Morgan fingerprint density at radius 3 is 2.40 bits per heavy atom. The fraction of sp³-hybridized carbons (Fsp3) is 0.440. The van der Waals surface area contributed by atoms with Gasteiger partial charge in [0.25, 0.3) is 0 Å². The van der Waals surface area contributed by atoms with Crippen molar-refractivity contribution >= 4 is 23.4 Å². The summed E-state index contributed by atoms with van der Waals surface area (Å²) in [7, 11) is 0. The number of rotatable bonds is 8. The van der Waals surface area contributed by atoms with Gasteiger partial charge in [0.15, 0.2) is 0 Å². The maximum absolute atomic E-state index is 13.2. The van der Waals surface area contributed by atoms with Gasteiger partial charge in [-0.1, -0.05) is 79.4 Å². The number of amides is 2. The number of carbonyl (C=O) groups excluding carboxylic acids is 2. The Morgan fingerprint density at radius 2 is 1.70 bits per heavy atom. The number of aryl methyl sites for hydroxylation is 1. The van der Waals surface area contributed by atoms with Gasteiger partial charge in [0.1, 0.15) is 6.04 Å². The van der Waals surface area contributed by atoms with Crippen molar-refractivity contribution in [2.24, 2.45) is 0 Å². The van der Waals surface area contributed by atoms with Gasteiger partial charge in [0.2, 0.25) is 11.8 Å². The van der Waals surface area contributed by atoms with Crippen LogP contribution in [0.2, 0.25) is 5.02 Å². The molecule has 2 amide bonds. The van der Waals surface area contributed by atoms with E-state index in [1.165, 1.54) is 6.42 Å². The normalized spacial score (nSPS) is 15.4. The Labute approximate surface area is 184 Å². The van der Waals surface area contributed by atoms with E-state index in [1.54, 1.807) is 4.90 Å². The van der Waals surface area contributed by atoms with Crippen LogP contribution >= 0.6 is 11.6 Å². The van der Waals surface area contributed by atoms with Gasteiger partial charge in [-0.05, 0) is 43.4 Å². The Bertz CT molecular complexity index is 834. The van der Waals surface area contributed by atoms with Gasteiger partial charge in [0, 0.05) is 24.0 Å². The predicted octanol–water partition coefficient (Wildman–Crippen LogP) is 5.14. The number of hydrogen-bond acceptors (Lipinski definition) is 2. The highest BCUT2D eigenvalue weighted by molar-refractivity contribution is 6.31. The predicted molar refractivity (Wildman–Crippen MR) is 121 cm³/mol. The van der Waals surface area contributed by atoms with E-state index >= 15 is 0 Å². The molecule has 0 radical (unpaired) electrons. The lowest BCUT2D eigenvalue weighted by molar-refractivity contribution is -0.141. The molecule has 160 valence electrons. The van der Waals surface area contributed by atoms with Gasteiger partial charge in [-0.2, -0.15) is 0 Å². The van der Waals surface area contributed by atoms with E-state index in [4.69, 9.17) is 11.6 Å². The van der Waals surface area contributed by atoms with Crippen molar-refractivity contribution < 1.29 is 9.59 Å². The second kappa shape index (κ2) is 11.2. The van der Waals surface area contributed by atoms with Gasteiger partial charge in [-0.3, -0.25) is 9.59 Å². The van der Waals surface area contributed by atoms with Crippen LogP contribution in [0.15, 0.2) is 54.6 Å². The lowest BCUT2D eigenvalue weighted by atomic mass is 9.95. The highest BCUT2D eigenvalue weighted by Crippen LogP contribution is 2.21. The van der Waals surface area contributed by atoms with Crippen molar-refractivity contribution in [3.8, 4) is 0 Å². The second-order valence-corrected chi connectivity index (χ2v) is 8.53. The molecule has 1 atom stereocenters. The van der Waals surface area contributed by atoms with Crippen molar-refractivity contribution in [2.75, 3.05) is 0 Å². The molecule has 0 saturated heterocycles. The minimum Gasteiger partial charge on any atom is -0.352 e. The van der Waals surface area contributed by atoms with Crippen LogP contribution in [0.3, 0.4) is 0 Å². The third kappa shape index (κ3) is 6.33. The molecule has 0 aliphatic heterocycles. The van der Waals surface area contributed by atoms with Gasteiger partial charge in [0.05, 0.1) is 0 Å². The van der Waals surface area contributed by atoms with Crippen LogP contribution in [0.1, 0.15) is 56.6 Å². The summed E-state index contributed by atoms with van der Waals surface area (Å²) in [5.41, 5.74) is 1.97. The van der Waals surface area contributed by atoms with Gasteiger partial charge < -0.3 is 10.2 Å². The zero-order valence-electron chi connectivity index (χ0n) is 17.6. The molecule has 2 aromatic carbocycles. The number of halogens is 1. The second-order valence-electron chi connectivity index (χ2n) is 8.12. The molecule has 5 heteroatoms. The summed E-state index contributed by atoms with van der Waals surface area (Å²) in [6.45, 7) is 2.14. The molecule has 1 aliphatic carbocycles.